The third-order valence-corrected chi connectivity index (χ3v) is 4.93. The zero-order valence-corrected chi connectivity index (χ0v) is 15.9. The summed E-state index contributed by atoms with van der Waals surface area (Å²) in [7, 11) is 0. The summed E-state index contributed by atoms with van der Waals surface area (Å²) >= 11 is 0. The standard InChI is InChI=1S/C22H23FN4O/c1-16-12-21-26(10-3-11-27(21)25-16)15-17-6-8-19(9-7-17)22(28)24-14-18-4-2-5-20(23)13-18/h2,4-9,12-13H,3,10-11,14-15H2,1H3,(H,24,28). The maximum Gasteiger partial charge on any atom is 0.251 e. The number of hydrogen-bond donors (Lipinski definition) is 1. The predicted octanol–water partition coefficient (Wildman–Crippen LogP) is 3.67. The second-order valence-corrected chi connectivity index (χ2v) is 7.15. The number of aromatic nitrogens is 2. The third kappa shape index (κ3) is 4.06. The molecule has 2 heterocycles. The Kier molecular flexibility index (Phi) is 5.10. The van der Waals surface area contributed by atoms with E-state index >= 15 is 0 Å². The number of nitrogens with zero attached hydrogens (tertiary/aromatic N) is 3. The lowest BCUT2D eigenvalue weighted by atomic mass is 10.1. The molecule has 0 bridgehead atoms. The summed E-state index contributed by atoms with van der Waals surface area (Å²) in [4.78, 5) is 14.7. The average Bonchev–Trinajstić information content (AvgIpc) is 3.08. The van der Waals surface area contributed by atoms with Crippen molar-refractivity contribution in [2.75, 3.05) is 11.4 Å². The van der Waals surface area contributed by atoms with Crippen LogP contribution in [0.1, 0.15) is 33.6 Å². The summed E-state index contributed by atoms with van der Waals surface area (Å²) in [6.07, 6.45) is 1.08. The van der Waals surface area contributed by atoms with Gasteiger partial charge in [-0.25, -0.2) is 9.07 Å². The third-order valence-electron chi connectivity index (χ3n) is 4.93. The quantitative estimate of drug-likeness (QED) is 0.737. The summed E-state index contributed by atoms with van der Waals surface area (Å²) < 4.78 is 15.3. The molecule has 1 aliphatic rings. The van der Waals surface area contributed by atoms with Gasteiger partial charge in [-0.05, 0) is 48.7 Å². The summed E-state index contributed by atoms with van der Waals surface area (Å²) in [6, 6.07) is 16.0. The van der Waals surface area contributed by atoms with Gasteiger partial charge in [0.05, 0.1) is 5.69 Å². The van der Waals surface area contributed by atoms with Gasteiger partial charge in [0.25, 0.3) is 5.91 Å². The minimum Gasteiger partial charge on any atom is -0.352 e. The Morgan fingerprint density at radius 2 is 1.93 bits per heavy atom. The van der Waals surface area contributed by atoms with Crippen LogP contribution in [0.4, 0.5) is 10.2 Å². The van der Waals surface area contributed by atoms with Gasteiger partial charge in [-0.2, -0.15) is 5.10 Å². The van der Waals surface area contributed by atoms with Crippen molar-refractivity contribution < 1.29 is 9.18 Å². The summed E-state index contributed by atoms with van der Waals surface area (Å²) in [6.45, 7) is 5.07. The van der Waals surface area contributed by atoms with Gasteiger partial charge in [0, 0.05) is 37.8 Å². The number of carbonyl (C=O) groups is 1. The molecule has 0 aliphatic carbocycles. The van der Waals surface area contributed by atoms with Crippen molar-refractivity contribution in [3.05, 3.63) is 82.8 Å². The fourth-order valence-electron chi connectivity index (χ4n) is 3.55. The molecule has 1 aromatic heterocycles. The van der Waals surface area contributed by atoms with Crippen molar-refractivity contribution in [1.82, 2.24) is 15.1 Å². The highest BCUT2D eigenvalue weighted by atomic mass is 19.1. The van der Waals surface area contributed by atoms with Crippen molar-refractivity contribution in [3.8, 4) is 0 Å². The molecule has 0 spiro atoms. The SMILES string of the molecule is Cc1cc2n(n1)CCCN2Cc1ccc(C(=O)NCc2cccc(F)c2)cc1. The topological polar surface area (TPSA) is 50.2 Å². The van der Waals surface area contributed by atoms with Crippen molar-refractivity contribution in [3.63, 3.8) is 0 Å². The van der Waals surface area contributed by atoms with Crippen LogP contribution in [0.15, 0.2) is 54.6 Å². The van der Waals surface area contributed by atoms with Gasteiger partial charge < -0.3 is 10.2 Å². The van der Waals surface area contributed by atoms with E-state index in [4.69, 9.17) is 0 Å². The zero-order valence-electron chi connectivity index (χ0n) is 15.9. The number of rotatable bonds is 5. The first-order valence-corrected chi connectivity index (χ1v) is 9.49. The van der Waals surface area contributed by atoms with Crippen molar-refractivity contribution >= 4 is 11.7 Å². The predicted molar refractivity (Wildman–Crippen MR) is 107 cm³/mol. The Hall–Kier alpha value is -3.15. The van der Waals surface area contributed by atoms with E-state index in [1.165, 1.54) is 12.1 Å². The molecule has 0 atom stereocenters. The van der Waals surface area contributed by atoms with Gasteiger partial charge in [0.2, 0.25) is 0 Å². The normalized spacial score (nSPS) is 13.3. The van der Waals surface area contributed by atoms with Crippen LogP contribution >= 0.6 is 0 Å². The molecular weight excluding hydrogens is 355 g/mol. The van der Waals surface area contributed by atoms with E-state index in [0.717, 1.165) is 48.7 Å². The maximum atomic E-state index is 13.2. The Morgan fingerprint density at radius 1 is 1.11 bits per heavy atom. The van der Waals surface area contributed by atoms with Crippen molar-refractivity contribution in [1.29, 1.82) is 0 Å². The Labute approximate surface area is 163 Å². The fraction of sp³-hybridized carbons (Fsp3) is 0.273. The van der Waals surface area contributed by atoms with Gasteiger partial charge in [-0.1, -0.05) is 24.3 Å². The van der Waals surface area contributed by atoms with Crippen LogP contribution in [0.5, 0.6) is 0 Å². The van der Waals surface area contributed by atoms with Crippen LogP contribution in [0.3, 0.4) is 0 Å². The number of anilines is 1. The van der Waals surface area contributed by atoms with Gasteiger partial charge >= 0.3 is 0 Å². The molecule has 3 aromatic rings. The lowest BCUT2D eigenvalue weighted by Crippen LogP contribution is -2.31. The molecule has 1 aliphatic heterocycles. The fourth-order valence-corrected chi connectivity index (χ4v) is 3.55. The summed E-state index contributed by atoms with van der Waals surface area (Å²) in [5, 5.41) is 7.36. The number of aryl methyl sites for hydroxylation is 2. The molecule has 2 aromatic carbocycles. The van der Waals surface area contributed by atoms with E-state index in [-0.39, 0.29) is 11.7 Å². The van der Waals surface area contributed by atoms with Crippen LogP contribution in [-0.2, 0) is 19.6 Å². The number of hydrogen-bond acceptors (Lipinski definition) is 3. The molecule has 0 unspecified atom stereocenters. The monoisotopic (exact) mass is 378 g/mol. The largest absolute Gasteiger partial charge is 0.352 e. The smallest absolute Gasteiger partial charge is 0.251 e. The first-order valence-electron chi connectivity index (χ1n) is 9.49. The number of benzene rings is 2. The van der Waals surface area contributed by atoms with Crippen LogP contribution in [0, 0.1) is 12.7 Å². The van der Waals surface area contributed by atoms with Crippen molar-refractivity contribution in [2.45, 2.75) is 33.0 Å². The van der Waals surface area contributed by atoms with Gasteiger partial charge in [0.1, 0.15) is 11.6 Å². The summed E-state index contributed by atoms with van der Waals surface area (Å²) in [5.74, 6) is 0.688. The molecule has 0 radical (unpaired) electrons. The molecule has 144 valence electrons. The van der Waals surface area contributed by atoms with Gasteiger partial charge in [-0.3, -0.25) is 4.79 Å². The molecule has 0 saturated carbocycles. The van der Waals surface area contributed by atoms with Crippen molar-refractivity contribution in [2.24, 2.45) is 0 Å². The number of carbonyl (C=O) groups excluding carboxylic acids is 1. The van der Waals surface area contributed by atoms with Gasteiger partial charge in [-0.15, -0.1) is 0 Å². The highest BCUT2D eigenvalue weighted by Crippen LogP contribution is 2.23. The Bertz CT molecular complexity index is 980. The van der Waals surface area contributed by atoms with E-state index in [9.17, 15) is 9.18 Å². The molecule has 0 saturated heterocycles. The second kappa shape index (κ2) is 7.84. The van der Waals surface area contributed by atoms with E-state index in [0.29, 0.717) is 12.1 Å². The lowest BCUT2D eigenvalue weighted by molar-refractivity contribution is 0.0951. The van der Waals surface area contributed by atoms with Crippen LogP contribution in [0.2, 0.25) is 0 Å². The maximum absolute atomic E-state index is 13.2. The molecule has 1 amide bonds. The van der Waals surface area contributed by atoms with Crippen LogP contribution < -0.4 is 10.2 Å². The highest BCUT2D eigenvalue weighted by molar-refractivity contribution is 5.94. The van der Waals surface area contributed by atoms with E-state index < -0.39 is 0 Å². The van der Waals surface area contributed by atoms with Crippen LogP contribution in [-0.4, -0.2) is 22.2 Å². The highest BCUT2D eigenvalue weighted by Gasteiger charge is 2.18. The molecule has 4 rings (SSSR count). The molecule has 28 heavy (non-hydrogen) atoms. The first kappa shape index (κ1) is 18.2. The number of halogens is 1. The van der Waals surface area contributed by atoms with Gasteiger partial charge in [0.15, 0.2) is 0 Å². The average molecular weight is 378 g/mol. The lowest BCUT2D eigenvalue weighted by Gasteiger charge is -2.29. The van der Waals surface area contributed by atoms with Crippen LogP contribution in [0.25, 0.3) is 0 Å². The number of amides is 1. The Morgan fingerprint density at radius 3 is 2.71 bits per heavy atom. The van der Waals surface area contributed by atoms with E-state index in [1.54, 1.807) is 12.1 Å². The number of nitrogens with one attached hydrogen (secondary N) is 1. The Balaban J connectivity index is 1.38. The van der Waals surface area contributed by atoms with E-state index in [2.05, 4.69) is 26.1 Å². The zero-order chi connectivity index (χ0) is 19.5. The molecule has 1 N–H and O–H groups in total. The molecule has 5 nitrogen and oxygen atoms in total. The minimum atomic E-state index is -0.301. The second-order valence-electron chi connectivity index (χ2n) is 7.15. The molecule has 6 heteroatoms. The first-order chi connectivity index (χ1) is 13.6. The van der Waals surface area contributed by atoms with E-state index in [1.807, 2.05) is 31.2 Å². The molecule has 0 fully saturated rings. The summed E-state index contributed by atoms with van der Waals surface area (Å²) in [5.41, 5.74) is 3.52. The molecular formula is C22H23FN4O. The minimum absolute atomic E-state index is 0.164. The number of fused-ring (bicyclic) bond motifs is 1.